The molecule has 0 saturated carbocycles. The van der Waals surface area contributed by atoms with Crippen LogP contribution in [0.25, 0.3) is 22.0 Å². The minimum atomic E-state index is -0.362. The third-order valence-corrected chi connectivity index (χ3v) is 7.05. The molecule has 2 N–H and O–H groups in total. The molecule has 6 rings (SSSR count). The minimum absolute atomic E-state index is 0.314. The molecule has 2 aliphatic rings. The van der Waals surface area contributed by atoms with Crippen LogP contribution in [0.15, 0.2) is 96.2 Å². The fourth-order valence-corrected chi connectivity index (χ4v) is 4.90. The van der Waals surface area contributed by atoms with E-state index in [-0.39, 0.29) is 11.7 Å². The van der Waals surface area contributed by atoms with Crippen molar-refractivity contribution in [2.24, 2.45) is 0 Å². The summed E-state index contributed by atoms with van der Waals surface area (Å²) >= 11 is 0. The van der Waals surface area contributed by atoms with Crippen molar-refractivity contribution in [2.75, 3.05) is 18.0 Å². The lowest BCUT2D eigenvalue weighted by Crippen LogP contribution is -2.22. The lowest BCUT2D eigenvalue weighted by Gasteiger charge is -2.17. The zero-order valence-corrected chi connectivity index (χ0v) is 21.6. The number of fused-ring (bicyclic) bond motifs is 1. The molecule has 1 fully saturated rings. The predicted octanol–water partition coefficient (Wildman–Crippen LogP) is 6.29. The summed E-state index contributed by atoms with van der Waals surface area (Å²) in [6.45, 7) is 4.04. The van der Waals surface area contributed by atoms with E-state index in [0.717, 1.165) is 46.4 Å². The number of carbonyl (C=O) groups is 1. The van der Waals surface area contributed by atoms with Gasteiger partial charge in [-0.2, -0.15) is 5.10 Å². The van der Waals surface area contributed by atoms with Gasteiger partial charge in [0.15, 0.2) is 5.69 Å². The Labute approximate surface area is 225 Å². The van der Waals surface area contributed by atoms with Gasteiger partial charge in [0.1, 0.15) is 17.3 Å². The van der Waals surface area contributed by atoms with E-state index in [9.17, 15) is 9.18 Å². The van der Waals surface area contributed by atoms with E-state index in [0.29, 0.717) is 29.3 Å². The van der Waals surface area contributed by atoms with Gasteiger partial charge in [-0.15, -0.1) is 0 Å². The molecule has 1 saturated heterocycles. The number of nitrogens with one attached hydrogen (secondary N) is 2. The molecule has 0 unspecified atom stereocenters. The van der Waals surface area contributed by atoms with Gasteiger partial charge in [-0.3, -0.25) is 14.9 Å². The Kier molecular flexibility index (Phi) is 6.67. The summed E-state index contributed by atoms with van der Waals surface area (Å²) in [6.07, 6.45) is 12.2. The SMILES string of the molecule is CC1=C(Oc2cccc(F)c2)C=CC(NC(=O)c2n[nH]c3ccc(-c4cncc(N5CCCC5)c4)cc23)=CC1. The second kappa shape index (κ2) is 10.6. The number of halogens is 1. The van der Waals surface area contributed by atoms with Crippen LogP contribution < -0.4 is 15.0 Å². The smallest absolute Gasteiger partial charge is 0.276 e. The number of hydrogen-bond donors (Lipinski definition) is 2. The Morgan fingerprint density at radius 1 is 1.05 bits per heavy atom. The van der Waals surface area contributed by atoms with E-state index in [4.69, 9.17) is 4.74 Å². The molecule has 7 nitrogen and oxygen atoms in total. The number of ether oxygens (including phenoxy) is 1. The quantitative estimate of drug-likeness (QED) is 0.312. The lowest BCUT2D eigenvalue weighted by atomic mass is 10.0. The van der Waals surface area contributed by atoms with E-state index >= 15 is 0 Å². The van der Waals surface area contributed by atoms with Crippen LogP contribution in [0.2, 0.25) is 0 Å². The zero-order valence-electron chi connectivity index (χ0n) is 21.6. The summed E-state index contributed by atoms with van der Waals surface area (Å²) in [5.41, 5.74) is 5.77. The first-order valence-corrected chi connectivity index (χ1v) is 13.0. The Morgan fingerprint density at radius 2 is 1.92 bits per heavy atom. The number of carbonyl (C=O) groups excluding carboxylic acids is 1. The number of aromatic nitrogens is 3. The highest BCUT2D eigenvalue weighted by atomic mass is 19.1. The van der Waals surface area contributed by atoms with Gasteiger partial charge in [0.25, 0.3) is 5.91 Å². The molecule has 2 aromatic heterocycles. The standard InChI is InChI=1S/C31H28FN5O2/c1-20-7-9-24(10-12-29(20)39-26-6-4-5-23(32)17-26)34-31(38)30-27-16-21(8-11-28(27)35-36-30)22-15-25(19-33-18-22)37-13-2-3-14-37/h4-6,8-12,15-19H,2-3,7,13-14H2,1H3,(H,34,38)(H,35,36). The first kappa shape index (κ1) is 24.6. The summed E-state index contributed by atoms with van der Waals surface area (Å²) in [5.74, 6) is 0.354. The normalized spacial score (nSPS) is 15.4. The molecule has 39 heavy (non-hydrogen) atoms. The number of hydrogen-bond acceptors (Lipinski definition) is 5. The summed E-state index contributed by atoms with van der Waals surface area (Å²) in [7, 11) is 0. The van der Waals surface area contributed by atoms with Crippen molar-refractivity contribution in [2.45, 2.75) is 26.2 Å². The van der Waals surface area contributed by atoms with Crippen molar-refractivity contribution in [1.29, 1.82) is 0 Å². The maximum atomic E-state index is 13.6. The summed E-state index contributed by atoms with van der Waals surface area (Å²) in [6, 6.07) is 14.1. The fraction of sp³-hybridized carbons (Fsp3) is 0.194. The van der Waals surface area contributed by atoms with Gasteiger partial charge in [-0.25, -0.2) is 4.39 Å². The van der Waals surface area contributed by atoms with Gasteiger partial charge in [-0.05, 0) is 79.8 Å². The van der Waals surface area contributed by atoms with E-state index < -0.39 is 0 Å². The molecule has 1 aliphatic heterocycles. The van der Waals surface area contributed by atoms with E-state index in [2.05, 4.69) is 31.5 Å². The average molecular weight is 522 g/mol. The van der Waals surface area contributed by atoms with Crippen LogP contribution in [0.3, 0.4) is 0 Å². The molecule has 0 radical (unpaired) electrons. The predicted molar refractivity (Wildman–Crippen MR) is 150 cm³/mol. The third kappa shape index (κ3) is 5.31. The maximum Gasteiger partial charge on any atom is 0.276 e. The first-order chi connectivity index (χ1) is 19.0. The van der Waals surface area contributed by atoms with Crippen LogP contribution in [0.5, 0.6) is 5.75 Å². The highest BCUT2D eigenvalue weighted by Crippen LogP contribution is 2.29. The number of rotatable bonds is 6. The molecule has 8 heteroatoms. The van der Waals surface area contributed by atoms with Gasteiger partial charge >= 0.3 is 0 Å². The number of anilines is 1. The molecule has 4 aromatic rings. The number of H-pyrrole nitrogens is 1. The second-order valence-electron chi connectivity index (χ2n) is 9.81. The van der Waals surface area contributed by atoms with Crippen LogP contribution >= 0.6 is 0 Å². The minimum Gasteiger partial charge on any atom is -0.457 e. The lowest BCUT2D eigenvalue weighted by molar-refractivity contribution is 0.0963. The number of allylic oxidation sites excluding steroid dienone is 4. The Hall–Kier alpha value is -4.72. The molecule has 196 valence electrons. The summed E-state index contributed by atoms with van der Waals surface area (Å²) < 4.78 is 19.5. The molecule has 0 atom stereocenters. The largest absolute Gasteiger partial charge is 0.457 e. The molecule has 1 aliphatic carbocycles. The maximum absolute atomic E-state index is 13.6. The van der Waals surface area contributed by atoms with Crippen molar-refractivity contribution in [3.63, 3.8) is 0 Å². The van der Waals surface area contributed by atoms with Gasteiger partial charge in [0.2, 0.25) is 0 Å². The molecule has 2 aromatic carbocycles. The molecule has 0 bridgehead atoms. The van der Waals surface area contributed by atoms with Crippen molar-refractivity contribution in [3.05, 3.63) is 108 Å². The monoisotopic (exact) mass is 521 g/mol. The van der Waals surface area contributed by atoms with Crippen LogP contribution in [-0.4, -0.2) is 34.2 Å². The Balaban J connectivity index is 1.20. The van der Waals surface area contributed by atoms with Crippen molar-refractivity contribution in [1.82, 2.24) is 20.5 Å². The number of benzene rings is 2. The highest BCUT2D eigenvalue weighted by molar-refractivity contribution is 6.06. The van der Waals surface area contributed by atoms with Crippen molar-refractivity contribution < 1.29 is 13.9 Å². The third-order valence-electron chi connectivity index (χ3n) is 7.05. The van der Waals surface area contributed by atoms with Crippen molar-refractivity contribution >= 4 is 22.5 Å². The molecular weight excluding hydrogens is 493 g/mol. The second-order valence-corrected chi connectivity index (χ2v) is 9.81. The van der Waals surface area contributed by atoms with Gasteiger partial charge in [0.05, 0.1) is 17.4 Å². The van der Waals surface area contributed by atoms with Gasteiger partial charge < -0.3 is 15.0 Å². The highest BCUT2D eigenvalue weighted by Gasteiger charge is 2.18. The summed E-state index contributed by atoms with van der Waals surface area (Å²) in [4.78, 5) is 20.1. The number of nitrogens with zero attached hydrogens (tertiary/aromatic N) is 3. The van der Waals surface area contributed by atoms with Crippen LogP contribution in [0, 0.1) is 5.82 Å². The Morgan fingerprint density at radius 3 is 2.77 bits per heavy atom. The molecule has 1 amide bonds. The average Bonchev–Trinajstić information content (AvgIpc) is 3.61. The Bertz CT molecular complexity index is 1650. The molecular formula is C31H28FN5O2. The van der Waals surface area contributed by atoms with Crippen LogP contribution in [0.4, 0.5) is 10.1 Å². The zero-order chi connectivity index (χ0) is 26.8. The van der Waals surface area contributed by atoms with Gasteiger partial charge in [-0.1, -0.05) is 18.2 Å². The first-order valence-electron chi connectivity index (χ1n) is 13.0. The molecule has 3 heterocycles. The topological polar surface area (TPSA) is 83.1 Å². The van der Waals surface area contributed by atoms with Crippen LogP contribution in [-0.2, 0) is 0 Å². The fourth-order valence-electron chi connectivity index (χ4n) is 4.90. The number of aromatic amines is 1. The molecule has 0 spiro atoms. The van der Waals surface area contributed by atoms with E-state index in [1.807, 2.05) is 43.6 Å². The van der Waals surface area contributed by atoms with E-state index in [1.165, 1.54) is 25.0 Å². The van der Waals surface area contributed by atoms with Gasteiger partial charge in [0, 0.05) is 42.0 Å². The number of pyridine rings is 1. The summed E-state index contributed by atoms with van der Waals surface area (Å²) in [5, 5.41) is 11.0. The van der Waals surface area contributed by atoms with E-state index in [1.54, 1.807) is 24.3 Å². The van der Waals surface area contributed by atoms with Crippen LogP contribution in [0.1, 0.15) is 36.7 Å². The number of amides is 1. The van der Waals surface area contributed by atoms with Crippen molar-refractivity contribution in [3.8, 4) is 16.9 Å².